The van der Waals surface area contributed by atoms with E-state index in [2.05, 4.69) is 4.90 Å². The first-order valence-electron chi connectivity index (χ1n) is 12.8. The monoisotopic (exact) mass is 527 g/mol. The van der Waals surface area contributed by atoms with Gasteiger partial charge in [-0.05, 0) is 52.0 Å². The number of ketones is 2. The highest BCUT2D eigenvalue weighted by Crippen LogP contribution is 2.53. The Hall–Kier alpha value is -3.25. The number of piperidine rings is 1. The molecule has 1 amide bonds. The van der Waals surface area contributed by atoms with Crippen LogP contribution in [0.15, 0.2) is 29.0 Å². The molecule has 0 unspecified atom stereocenters. The maximum absolute atomic E-state index is 13.9. The largest absolute Gasteiger partial charge is 0.508 e. The van der Waals surface area contributed by atoms with Gasteiger partial charge in [0.1, 0.15) is 22.8 Å². The van der Waals surface area contributed by atoms with Crippen molar-refractivity contribution < 1.29 is 39.9 Å². The van der Waals surface area contributed by atoms with Gasteiger partial charge in [0.25, 0.3) is 5.91 Å². The molecule has 2 fully saturated rings. The average molecular weight is 528 g/mol. The second kappa shape index (κ2) is 9.19. The van der Waals surface area contributed by atoms with Crippen molar-refractivity contribution in [3.05, 3.63) is 45.7 Å². The third-order valence-electron chi connectivity index (χ3n) is 8.60. The van der Waals surface area contributed by atoms with Gasteiger partial charge in [-0.1, -0.05) is 18.6 Å². The molecule has 0 spiro atoms. The van der Waals surface area contributed by atoms with Crippen LogP contribution in [0.3, 0.4) is 0 Å². The van der Waals surface area contributed by atoms with Gasteiger partial charge in [-0.3, -0.25) is 24.2 Å². The van der Waals surface area contributed by atoms with Crippen molar-refractivity contribution in [1.29, 1.82) is 0 Å². The molecule has 1 aromatic carbocycles. The number of Topliss-reactive ketones (excluding diaryl/α,β-unsaturated/α-hetero) is 2. The first kappa shape index (κ1) is 26.4. The summed E-state index contributed by atoms with van der Waals surface area (Å²) in [4.78, 5) is 42.7. The number of carbonyl (C=O) groups is 3. The molecule has 0 bridgehead atoms. The summed E-state index contributed by atoms with van der Waals surface area (Å²) in [5.74, 6) is -8.04. The summed E-state index contributed by atoms with van der Waals surface area (Å²) in [6.07, 6.45) is 1.71. The van der Waals surface area contributed by atoms with Crippen LogP contribution in [-0.2, 0) is 27.3 Å². The van der Waals surface area contributed by atoms with Gasteiger partial charge in [0.2, 0.25) is 5.78 Å². The lowest BCUT2D eigenvalue weighted by molar-refractivity contribution is -0.168. The van der Waals surface area contributed by atoms with Crippen molar-refractivity contribution in [2.24, 2.45) is 17.6 Å². The van der Waals surface area contributed by atoms with Gasteiger partial charge in [0, 0.05) is 23.6 Å². The minimum atomic E-state index is -2.90. The first-order chi connectivity index (χ1) is 17.9. The molecule has 1 aromatic rings. The highest BCUT2D eigenvalue weighted by atomic mass is 16.4. The summed E-state index contributed by atoms with van der Waals surface area (Å²) < 4.78 is 0. The summed E-state index contributed by atoms with van der Waals surface area (Å²) in [7, 11) is 2.95. The SMILES string of the molecule is CN(C)[C@@H]1C(=O)C(C(N)=O)=C(O)[C@@]2(O)C(=O)C3=C(O)c4c(ccc(CN5CCCCC5)c4O)C[C@H]3[C@H](O)[C@@H]12. The fourth-order valence-corrected chi connectivity index (χ4v) is 6.76. The molecule has 5 atom stereocenters. The van der Waals surface area contributed by atoms with E-state index in [-0.39, 0.29) is 23.3 Å². The predicted molar refractivity (Wildman–Crippen MR) is 135 cm³/mol. The number of nitrogens with zero attached hydrogens (tertiary/aromatic N) is 2. The lowest BCUT2D eigenvalue weighted by Gasteiger charge is -2.52. The molecule has 11 heteroatoms. The quantitative estimate of drug-likeness (QED) is 0.289. The van der Waals surface area contributed by atoms with Gasteiger partial charge in [-0.2, -0.15) is 0 Å². The van der Waals surface area contributed by atoms with Crippen LogP contribution in [0.4, 0.5) is 0 Å². The van der Waals surface area contributed by atoms with Crippen LogP contribution in [0.5, 0.6) is 5.75 Å². The number of hydrogen-bond donors (Lipinski definition) is 6. The lowest BCUT2D eigenvalue weighted by Crippen LogP contribution is -2.70. The average Bonchev–Trinajstić information content (AvgIpc) is 2.86. The van der Waals surface area contributed by atoms with Crippen LogP contribution >= 0.6 is 0 Å². The molecule has 1 saturated heterocycles. The number of phenolic OH excluding ortho intramolecular Hbond substituents is 1. The molecular formula is C27H33N3O8. The van der Waals surface area contributed by atoms with Crippen LogP contribution in [0.1, 0.15) is 36.0 Å². The topological polar surface area (TPSA) is 185 Å². The fourth-order valence-electron chi connectivity index (χ4n) is 6.76. The van der Waals surface area contributed by atoms with Gasteiger partial charge in [0.15, 0.2) is 11.4 Å². The Morgan fingerprint density at radius 1 is 1.13 bits per heavy atom. The summed E-state index contributed by atoms with van der Waals surface area (Å²) in [5.41, 5.74) is 2.21. The molecule has 0 aromatic heterocycles. The van der Waals surface area contributed by atoms with Crippen molar-refractivity contribution in [2.45, 2.75) is 50.0 Å². The summed E-state index contributed by atoms with van der Waals surface area (Å²) in [6.45, 7) is 2.21. The van der Waals surface area contributed by atoms with E-state index in [0.717, 1.165) is 32.4 Å². The fraction of sp³-hybridized carbons (Fsp3) is 0.519. The maximum atomic E-state index is 13.9. The molecular weight excluding hydrogens is 494 g/mol. The standard InChI is InChI=1S/C27H33N3O8/c1-29(2)19-18-21(32)14-10-12-6-7-13(11-30-8-4-3-5-9-30)20(31)15(12)22(33)16(14)24(35)27(18,38)25(36)17(23(19)34)26(28)37/h6-7,14,18-19,21,31-33,36,38H,3-5,8-11H2,1-2H3,(H2,28,37)/t14-,18-,19+,21+,27+/m1/s1. The van der Waals surface area contributed by atoms with Crippen molar-refractivity contribution in [2.75, 3.05) is 27.2 Å². The zero-order valence-corrected chi connectivity index (χ0v) is 21.3. The highest BCUT2D eigenvalue weighted by molar-refractivity contribution is 6.24. The number of hydrogen-bond acceptors (Lipinski definition) is 10. The van der Waals surface area contributed by atoms with Crippen LogP contribution in [0.2, 0.25) is 0 Å². The zero-order chi connectivity index (χ0) is 27.7. The predicted octanol–water partition coefficient (Wildman–Crippen LogP) is -0.0793. The molecule has 5 rings (SSSR count). The van der Waals surface area contributed by atoms with E-state index in [1.54, 1.807) is 12.1 Å². The number of fused-ring (bicyclic) bond motifs is 3. The number of amides is 1. The maximum Gasteiger partial charge on any atom is 0.255 e. The van der Waals surface area contributed by atoms with Gasteiger partial charge >= 0.3 is 0 Å². The number of likely N-dealkylation sites (N-methyl/N-ethyl adjacent to an activating group) is 1. The van der Waals surface area contributed by atoms with Gasteiger partial charge < -0.3 is 31.3 Å². The number of primary amides is 1. The first-order valence-corrected chi connectivity index (χ1v) is 12.8. The zero-order valence-electron chi connectivity index (χ0n) is 21.3. The Morgan fingerprint density at radius 3 is 2.39 bits per heavy atom. The molecule has 4 aliphatic rings. The molecule has 7 N–H and O–H groups in total. The summed E-state index contributed by atoms with van der Waals surface area (Å²) in [5, 5.41) is 56.6. The lowest BCUT2D eigenvalue weighted by atomic mass is 9.56. The number of carbonyl (C=O) groups excluding carboxylic acids is 3. The van der Waals surface area contributed by atoms with E-state index < -0.39 is 64.1 Å². The van der Waals surface area contributed by atoms with Gasteiger partial charge in [0.05, 0.1) is 23.6 Å². The number of likely N-dealkylation sites (tertiary alicyclic amines) is 1. The Kier molecular flexibility index (Phi) is 6.38. The van der Waals surface area contributed by atoms with Crippen LogP contribution < -0.4 is 5.73 Å². The minimum absolute atomic E-state index is 0.0306. The van der Waals surface area contributed by atoms with Crippen LogP contribution in [0.25, 0.3) is 5.76 Å². The Balaban J connectivity index is 1.66. The number of nitrogens with two attached hydrogens (primary N) is 1. The van der Waals surface area contributed by atoms with E-state index in [4.69, 9.17) is 5.73 Å². The Bertz CT molecular complexity index is 1300. The van der Waals surface area contributed by atoms with Gasteiger partial charge in [-0.15, -0.1) is 0 Å². The van der Waals surface area contributed by atoms with E-state index in [1.165, 1.54) is 19.0 Å². The minimum Gasteiger partial charge on any atom is -0.508 e. The third-order valence-corrected chi connectivity index (χ3v) is 8.60. The number of phenols is 1. The number of benzene rings is 1. The molecule has 38 heavy (non-hydrogen) atoms. The Morgan fingerprint density at radius 2 is 1.79 bits per heavy atom. The number of rotatable bonds is 4. The smallest absolute Gasteiger partial charge is 0.255 e. The van der Waals surface area contributed by atoms with E-state index in [1.807, 2.05) is 0 Å². The molecule has 1 saturated carbocycles. The molecule has 1 aliphatic heterocycles. The number of aliphatic hydroxyl groups excluding tert-OH is 3. The van der Waals surface area contributed by atoms with Crippen molar-refractivity contribution in [3.8, 4) is 5.75 Å². The second-order valence-electron chi connectivity index (χ2n) is 11.0. The molecule has 1 heterocycles. The highest BCUT2D eigenvalue weighted by Gasteiger charge is 2.67. The van der Waals surface area contributed by atoms with E-state index >= 15 is 0 Å². The molecule has 11 nitrogen and oxygen atoms in total. The second-order valence-corrected chi connectivity index (χ2v) is 11.0. The van der Waals surface area contributed by atoms with Crippen molar-refractivity contribution in [1.82, 2.24) is 9.80 Å². The third kappa shape index (κ3) is 3.60. The normalized spacial score (nSPS) is 31.8. The molecule has 0 radical (unpaired) electrons. The number of aliphatic hydroxyl groups is 4. The summed E-state index contributed by atoms with van der Waals surface area (Å²) in [6, 6.07) is 2.13. The molecule has 3 aliphatic carbocycles. The van der Waals surface area contributed by atoms with Gasteiger partial charge in [-0.25, -0.2) is 0 Å². The number of aromatic hydroxyl groups is 1. The van der Waals surface area contributed by atoms with Crippen molar-refractivity contribution >= 4 is 23.2 Å². The van der Waals surface area contributed by atoms with E-state index in [9.17, 15) is 39.9 Å². The van der Waals surface area contributed by atoms with Crippen LogP contribution in [-0.4, -0.2) is 97.7 Å². The summed E-state index contributed by atoms with van der Waals surface area (Å²) >= 11 is 0. The molecule has 204 valence electrons. The van der Waals surface area contributed by atoms with Crippen molar-refractivity contribution in [3.63, 3.8) is 0 Å². The van der Waals surface area contributed by atoms with E-state index in [0.29, 0.717) is 17.7 Å². The Labute approximate surface area is 219 Å². The van der Waals surface area contributed by atoms with Crippen LogP contribution in [0, 0.1) is 11.8 Å².